The van der Waals surface area contributed by atoms with Gasteiger partial charge in [-0.15, -0.1) is 0 Å². The minimum atomic E-state index is 0.413. The second-order valence-electron chi connectivity index (χ2n) is 5.53. The van der Waals surface area contributed by atoms with E-state index in [0.717, 1.165) is 17.8 Å². The van der Waals surface area contributed by atoms with E-state index in [1.807, 2.05) is 12.1 Å². The summed E-state index contributed by atoms with van der Waals surface area (Å²) >= 11 is 0. The Balaban J connectivity index is 2.08. The molecule has 1 aliphatic rings. The highest BCUT2D eigenvalue weighted by molar-refractivity contribution is 5.58. The predicted octanol–water partition coefficient (Wildman–Crippen LogP) is 3.86. The van der Waals surface area contributed by atoms with E-state index in [0.29, 0.717) is 5.41 Å². The van der Waals surface area contributed by atoms with E-state index < -0.39 is 0 Å². The number of anilines is 1. The Kier molecular flexibility index (Phi) is 3.38. The van der Waals surface area contributed by atoms with Gasteiger partial charge in [-0.25, -0.2) is 0 Å². The lowest BCUT2D eigenvalue weighted by Gasteiger charge is -2.24. The van der Waals surface area contributed by atoms with Crippen LogP contribution in [0.4, 0.5) is 5.69 Å². The summed E-state index contributed by atoms with van der Waals surface area (Å²) in [5.41, 5.74) is 3.34. The minimum Gasteiger partial charge on any atom is -0.383 e. The Morgan fingerprint density at radius 1 is 1.35 bits per heavy atom. The van der Waals surface area contributed by atoms with E-state index in [1.54, 1.807) is 0 Å². The molecule has 0 radical (unpaired) electrons. The molecule has 0 saturated heterocycles. The second kappa shape index (κ2) is 4.79. The summed E-state index contributed by atoms with van der Waals surface area (Å²) in [5.74, 6) is 0. The summed E-state index contributed by atoms with van der Waals surface area (Å²) in [4.78, 5) is 0. The fourth-order valence-corrected chi connectivity index (χ4v) is 2.62. The lowest BCUT2D eigenvalue weighted by atomic mass is 9.89. The first-order valence-electron chi connectivity index (χ1n) is 6.38. The molecule has 0 unspecified atom stereocenters. The molecule has 0 spiro atoms. The van der Waals surface area contributed by atoms with Crippen LogP contribution in [0.5, 0.6) is 0 Å². The van der Waals surface area contributed by atoms with Gasteiger partial charge in [-0.05, 0) is 42.9 Å². The summed E-state index contributed by atoms with van der Waals surface area (Å²) in [6.07, 6.45) is 5.29. The number of nitrogens with zero attached hydrogens (tertiary/aromatic N) is 1. The first kappa shape index (κ1) is 12.0. The van der Waals surface area contributed by atoms with Gasteiger partial charge in [0.15, 0.2) is 0 Å². The summed E-state index contributed by atoms with van der Waals surface area (Å²) in [6.45, 7) is 5.38. The quantitative estimate of drug-likeness (QED) is 0.852. The third-order valence-corrected chi connectivity index (χ3v) is 3.81. The average molecular weight is 228 g/mol. The van der Waals surface area contributed by atoms with Crippen molar-refractivity contribution in [3.05, 3.63) is 29.3 Å². The third-order valence-electron chi connectivity index (χ3n) is 3.81. The molecule has 1 aliphatic carbocycles. The van der Waals surface area contributed by atoms with Gasteiger partial charge >= 0.3 is 0 Å². The summed E-state index contributed by atoms with van der Waals surface area (Å²) in [5, 5.41) is 12.5. The highest BCUT2D eigenvalue weighted by Crippen LogP contribution is 2.37. The third kappa shape index (κ3) is 2.79. The molecule has 0 aromatic heterocycles. The molecular weight excluding hydrogens is 208 g/mol. The van der Waals surface area contributed by atoms with E-state index >= 15 is 0 Å². The molecule has 1 N–H and O–H groups in total. The van der Waals surface area contributed by atoms with Crippen molar-refractivity contribution in [2.75, 3.05) is 11.9 Å². The Hall–Kier alpha value is -1.49. The van der Waals surface area contributed by atoms with Crippen LogP contribution in [0.3, 0.4) is 0 Å². The lowest BCUT2D eigenvalue weighted by molar-refractivity contribution is 0.362. The van der Waals surface area contributed by atoms with Gasteiger partial charge in [0.2, 0.25) is 0 Å². The molecular formula is C15H20N2. The van der Waals surface area contributed by atoms with Crippen LogP contribution >= 0.6 is 0 Å². The summed E-state index contributed by atoms with van der Waals surface area (Å²) in [6, 6.07) is 8.20. The molecule has 1 fully saturated rings. The molecule has 2 rings (SSSR count). The maximum absolute atomic E-state index is 9.08. The number of rotatable bonds is 3. The van der Waals surface area contributed by atoms with E-state index in [-0.39, 0.29) is 0 Å². The number of hydrogen-bond donors (Lipinski definition) is 1. The molecule has 0 amide bonds. The van der Waals surface area contributed by atoms with Gasteiger partial charge in [0.05, 0.1) is 11.3 Å². The van der Waals surface area contributed by atoms with E-state index in [2.05, 4.69) is 31.3 Å². The monoisotopic (exact) mass is 228 g/mol. The largest absolute Gasteiger partial charge is 0.383 e. The van der Waals surface area contributed by atoms with Gasteiger partial charge in [-0.3, -0.25) is 0 Å². The van der Waals surface area contributed by atoms with Crippen LogP contribution in [-0.2, 0) is 0 Å². The number of nitriles is 1. The first-order chi connectivity index (χ1) is 8.13. The number of hydrogen-bond acceptors (Lipinski definition) is 2. The molecule has 2 nitrogen and oxygen atoms in total. The molecule has 0 heterocycles. The molecule has 1 saturated carbocycles. The van der Waals surface area contributed by atoms with Crippen LogP contribution in [-0.4, -0.2) is 6.54 Å². The van der Waals surface area contributed by atoms with Crippen LogP contribution in [0.2, 0.25) is 0 Å². The maximum atomic E-state index is 9.08. The van der Waals surface area contributed by atoms with E-state index in [1.165, 1.54) is 31.2 Å². The van der Waals surface area contributed by atoms with Gasteiger partial charge in [0.25, 0.3) is 0 Å². The lowest BCUT2D eigenvalue weighted by Crippen LogP contribution is -2.23. The molecule has 1 aromatic rings. The molecule has 17 heavy (non-hydrogen) atoms. The zero-order chi connectivity index (χ0) is 12.3. The summed E-state index contributed by atoms with van der Waals surface area (Å²) < 4.78 is 0. The van der Waals surface area contributed by atoms with Crippen molar-refractivity contribution in [2.45, 2.75) is 39.5 Å². The highest BCUT2D eigenvalue weighted by atomic mass is 14.9. The predicted molar refractivity (Wildman–Crippen MR) is 71.0 cm³/mol. The fraction of sp³-hybridized carbons (Fsp3) is 0.533. The topological polar surface area (TPSA) is 35.8 Å². The van der Waals surface area contributed by atoms with Gasteiger partial charge in [-0.2, -0.15) is 5.26 Å². The Labute approximate surface area is 104 Å². The molecule has 0 bridgehead atoms. The van der Waals surface area contributed by atoms with E-state index in [4.69, 9.17) is 5.26 Å². The van der Waals surface area contributed by atoms with Gasteiger partial charge in [0, 0.05) is 6.54 Å². The Bertz CT molecular complexity index is 437. The highest BCUT2D eigenvalue weighted by Gasteiger charge is 2.28. The van der Waals surface area contributed by atoms with Crippen LogP contribution < -0.4 is 5.32 Å². The minimum absolute atomic E-state index is 0.413. The van der Waals surface area contributed by atoms with Crippen LogP contribution in [0.15, 0.2) is 18.2 Å². The Morgan fingerprint density at radius 2 is 2.06 bits per heavy atom. The molecule has 90 valence electrons. The Morgan fingerprint density at radius 3 is 2.71 bits per heavy atom. The van der Waals surface area contributed by atoms with Crippen LogP contribution in [0.25, 0.3) is 0 Å². The van der Waals surface area contributed by atoms with Gasteiger partial charge in [0.1, 0.15) is 6.07 Å². The SMILES string of the molecule is Cc1ccc(C#N)c(NCC2(C)CCCC2)c1. The van der Waals surface area contributed by atoms with Crippen molar-refractivity contribution in [2.24, 2.45) is 5.41 Å². The molecule has 2 heteroatoms. The maximum Gasteiger partial charge on any atom is 0.101 e. The van der Waals surface area contributed by atoms with Crippen molar-refractivity contribution >= 4 is 5.69 Å². The van der Waals surface area contributed by atoms with E-state index in [9.17, 15) is 0 Å². The normalized spacial score (nSPS) is 17.7. The van der Waals surface area contributed by atoms with Crippen molar-refractivity contribution < 1.29 is 0 Å². The summed E-state index contributed by atoms with van der Waals surface area (Å²) in [7, 11) is 0. The standard InChI is InChI=1S/C15H20N2/c1-12-5-6-13(10-16)14(9-12)17-11-15(2)7-3-4-8-15/h5-6,9,17H,3-4,7-8,11H2,1-2H3. The van der Waals surface area contributed by atoms with Gasteiger partial charge < -0.3 is 5.32 Å². The van der Waals surface area contributed by atoms with Crippen molar-refractivity contribution in [3.63, 3.8) is 0 Å². The molecule has 0 atom stereocenters. The smallest absolute Gasteiger partial charge is 0.101 e. The van der Waals surface area contributed by atoms with Crippen molar-refractivity contribution in [3.8, 4) is 6.07 Å². The van der Waals surface area contributed by atoms with Crippen molar-refractivity contribution in [1.29, 1.82) is 5.26 Å². The average Bonchev–Trinajstić information content (AvgIpc) is 2.74. The number of nitrogens with one attached hydrogen (secondary N) is 1. The number of aryl methyl sites for hydroxylation is 1. The van der Waals surface area contributed by atoms with Crippen molar-refractivity contribution in [1.82, 2.24) is 0 Å². The van der Waals surface area contributed by atoms with Gasteiger partial charge in [-0.1, -0.05) is 25.8 Å². The van der Waals surface area contributed by atoms with Crippen LogP contribution in [0, 0.1) is 23.7 Å². The molecule has 1 aromatic carbocycles. The zero-order valence-electron chi connectivity index (χ0n) is 10.7. The molecule has 0 aliphatic heterocycles. The van der Waals surface area contributed by atoms with Crippen LogP contribution in [0.1, 0.15) is 43.7 Å². The number of benzene rings is 1. The zero-order valence-corrected chi connectivity index (χ0v) is 10.7. The fourth-order valence-electron chi connectivity index (χ4n) is 2.62. The second-order valence-corrected chi connectivity index (χ2v) is 5.53. The first-order valence-corrected chi connectivity index (χ1v) is 6.38.